The van der Waals surface area contributed by atoms with Gasteiger partial charge in [0, 0.05) is 11.1 Å². The molecule has 4 atom stereocenters. The summed E-state index contributed by atoms with van der Waals surface area (Å²) in [4.78, 5) is 45.3. The molecule has 188 valence electrons. The summed E-state index contributed by atoms with van der Waals surface area (Å²) in [7, 11) is 0. The number of aryl methyl sites for hydroxylation is 2. The molecule has 3 aliphatic carbocycles. The van der Waals surface area contributed by atoms with Crippen molar-refractivity contribution in [2.45, 2.75) is 23.6 Å². The number of carbonyl (C=O) groups is 3. The van der Waals surface area contributed by atoms with Gasteiger partial charge in [-0.05, 0) is 71.9 Å². The van der Waals surface area contributed by atoms with E-state index in [1.54, 1.807) is 0 Å². The summed E-state index contributed by atoms with van der Waals surface area (Å²) < 4.78 is 1.68. The Bertz CT molecular complexity index is 1700. The normalized spacial score (nSPS) is 24.8. The van der Waals surface area contributed by atoms with Crippen LogP contribution in [0.4, 0.5) is 11.4 Å². The van der Waals surface area contributed by atoms with Crippen molar-refractivity contribution in [1.82, 2.24) is 4.98 Å². The molecular formula is C30H23N3O3S2. The summed E-state index contributed by atoms with van der Waals surface area (Å²) in [5.74, 6) is -0.00871. The minimum absolute atomic E-state index is 0.0725. The second-order valence-corrected chi connectivity index (χ2v) is 12.8. The van der Waals surface area contributed by atoms with Crippen molar-refractivity contribution in [2.75, 3.05) is 16.0 Å². The number of nitrogens with zero attached hydrogens (tertiary/aromatic N) is 2. The summed E-state index contributed by atoms with van der Waals surface area (Å²) in [5, 5.41) is 5.47. The molecule has 0 radical (unpaired) electrons. The van der Waals surface area contributed by atoms with Gasteiger partial charge in [0.05, 0.1) is 33.5 Å². The standard InChI is InChI=1S/C30H23N3O3S2/c34-24(31-21-10-8-16-5-4-15-2-1-3-20(21)25(15)16)14-37-30-32-22-11-9-19(13-23(22)38-30)33-28(35)26-17-6-7-18(12-17)27(26)29(33)36/h1-3,6-11,13,17-18,26-27H,4-5,12,14H2,(H,31,34)/t17-,18-,26-,27-/m0/s1. The lowest BCUT2D eigenvalue weighted by Crippen LogP contribution is -2.32. The molecule has 2 heterocycles. The summed E-state index contributed by atoms with van der Waals surface area (Å²) in [6.07, 6.45) is 7.25. The lowest BCUT2D eigenvalue weighted by Gasteiger charge is -2.17. The highest BCUT2D eigenvalue weighted by Crippen LogP contribution is 2.53. The van der Waals surface area contributed by atoms with E-state index in [4.69, 9.17) is 0 Å². The van der Waals surface area contributed by atoms with Crippen LogP contribution in [0.3, 0.4) is 0 Å². The zero-order chi connectivity index (χ0) is 25.5. The van der Waals surface area contributed by atoms with Gasteiger partial charge in [0.15, 0.2) is 4.34 Å². The third-order valence-electron chi connectivity index (χ3n) is 8.56. The van der Waals surface area contributed by atoms with Gasteiger partial charge in [-0.3, -0.25) is 14.4 Å². The second kappa shape index (κ2) is 8.25. The van der Waals surface area contributed by atoms with E-state index in [1.165, 1.54) is 44.5 Å². The van der Waals surface area contributed by atoms with Gasteiger partial charge in [-0.15, -0.1) is 11.3 Å². The minimum atomic E-state index is -0.211. The van der Waals surface area contributed by atoms with Crippen molar-refractivity contribution in [2.24, 2.45) is 23.7 Å². The SMILES string of the molecule is O=C(CSc1nc2ccc(N3C(=O)[C@@H]4[C@@H](C3=O)[C@H]3C=C[C@H]4C3)cc2s1)Nc1ccc2c3c(cccc13)CC2. The van der Waals surface area contributed by atoms with Crippen molar-refractivity contribution >= 4 is 73.2 Å². The maximum atomic E-state index is 13.2. The first-order valence-corrected chi connectivity index (χ1v) is 14.8. The molecule has 8 heteroatoms. The lowest BCUT2D eigenvalue weighted by atomic mass is 9.85. The molecule has 2 fully saturated rings. The number of nitrogens with one attached hydrogen (secondary N) is 1. The molecule has 0 unspecified atom stereocenters. The van der Waals surface area contributed by atoms with E-state index in [-0.39, 0.29) is 47.1 Å². The first-order chi connectivity index (χ1) is 18.5. The maximum Gasteiger partial charge on any atom is 0.238 e. The molecule has 8 rings (SSSR count). The smallest absolute Gasteiger partial charge is 0.238 e. The monoisotopic (exact) mass is 537 g/mol. The van der Waals surface area contributed by atoms with E-state index in [0.29, 0.717) is 5.69 Å². The number of hydrogen-bond donors (Lipinski definition) is 1. The fourth-order valence-corrected chi connectivity index (χ4v) is 8.82. The molecule has 1 aliphatic heterocycles. The Morgan fingerprint density at radius 3 is 2.55 bits per heavy atom. The highest BCUT2D eigenvalue weighted by molar-refractivity contribution is 8.01. The fraction of sp³-hybridized carbons (Fsp3) is 0.267. The number of aromatic nitrogens is 1. The van der Waals surface area contributed by atoms with Crippen LogP contribution in [0, 0.1) is 23.7 Å². The van der Waals surface area contributed by atoms with Gasteiger partial charge in [0.1, 0.15) is 0 Å². The Morgan fingerprint density at radius 2 is 1.76 bits per heavy atom. The van der Waals surface area contributed by atoms with Gasteiger partial charge in [-0.2, -0.15) is 0 Å². The molecule has 0 spiro atoms. The summed E-state index contributed by atoms with van der Waals surface area (Å²) in [6.45, 7) is 0. The third-order valence-corrected chi connectivity index (χ3v) is 10.7. The van der Waals surface area contributed by atoms with Crippen LogP contribution in [0.25, 0.3) is 21.0 Å². The lowest BCUT2D eigenvalue weighted by molar-refractivity contribution is -0.123. The van der Waals surface area contributed by atoms with Crippen molar-refractivity contribution in [1.29, 1.82) is 0 Å². The topological polar surface area (TPSA) is 79.4 Å². The van der Waals surface area contributed by atoms with Crippen molar-refractivity contribution in [3.63, 3.8) is 0 Å². The molecule has 1 saturated heterocycles. The predicted molar refractivity (Wildman–Crippen MR) is 151 cm³/mol. The quantitative estimate of drug-likeness (QED) is 0.204. The Labute approximate surface area is 227 Å². The Balaban J connectivity index is 0.986. The van der Waals surface area contributed by atoms with E-state index in [2.05, 4.69) is 46.7 Å². The Hall–Kier alpha value is -3.49. The Morgan fingerprint density at radius 1 is 1.00 bits per heavy atom. The van der Waals surface area contributed by atoms with Crippen molar-refractivity contribution < 1.29 is 14.4 Å². The number of carbonyl (C=O) groups excluding carboxylic acids is 3. The summed E-state index contributed by atoms with van der Waals surface area (Å²) in [6, 6.07) is 16.0. The Kier molecular flexibility index (Phi) is 4.88. The number of rotatable bonds is 5. The number of thioether (sulfide) groups is 1. The molecule has 3 amide bonds. The number of hydrogen-bond acceptors (Lipinski definition) is 6. The molecule has 1 aromatic heterocycles. The molecule has 4 aliphatic rings. The van der Waals surface area contributed by atoms with Crippen LogP contribution in [0.1, 0.15) is 17.5 Å². The highest BCUT2D eigenvalue weighted by atomic mass is 32.2. The first kappa shape index (κ1) is 22.5. The van der Waals surface area contributed by atoms with Crippen LogP contribution in [0.15, 0.2) is 65.0 Å². The maximum absolute atomic E-state index is 13.2. The van der Waals surface area contributed by atoms with Gasteiger partial charge in [-0.25, -0.2) is 9.88 Å². The van der Waals surface area contributed by atoms with Gasteiger partial charge >= 0.3 is 0 Å². The molecule has 38 heavy (non-hydrogen) atoms. The van der Waals surface area contributed by atoms with Gasteiger partial charge in [-0.1, -0.05) is 48.2 Å². The van der Waals surface area contributed by atoms with Gasteiger partial charge < -0.3 is 5.32 Å². The number of amides is 3. The highest BCUT2D eigenvalue weighted by Gasteiger charge is 2.59. The predicted octanol–water partition coefficient (Wildman–Crippen LogP) is 5.59. The zero-order valence-corrected chi connectivity index (χ0v) is 22.0. The van der Waals surface area contributed by atoms with Gasteiger partial charge in [0.25, 0.3) is 0 Å². The average Bonchev–Trinajstić information content (AvgIpc) is 3.73. The van der Waals surface area contributed by atoms with Crippen LogP contribution in [0.2, 0.25) is 0 Å². The van der Waals surface area contributed by atoms with E-state index < -0.39 is 0 Å². The molecular weight excluding hydrogens is 514 g/mol. The molecule has 3 aromatic carbocycles. The average molecular weight is 538 g/mol. The van der Waals surface area contributed by atoms with E-state index in [1.807, 2.05) is 24.3 Å². The van der Waals surface area contributed by atoms with E-state index in [9.17, 15) is 14.4 Å². The molecule has 1 N–H and O–H groups in total. The molecule has 2 bridgehead atoms. The first-order valence-electron chi connectivity index (χ1n) is 13.0. The van der Waals surface area contributed by atoms with E-state index in [0.717, 1.165) is 44.9 Å². The number of imide groups is 1. The molecule has 1 saturated carbocycles. The minimum Gasteiger partial charge on any atom is -0.325 e. The van der Waals surface area contributed by atoms with Crippen LogP contribution in [-0.4, -0.2) is 28.5 Å². The van der Waals surface area contributed by atoms with Crippen LogP contribution in [0.5, 0.6) is 0 Å². The van der Waals surface area contributed by atoms with E-state index >= 15 is 0 Å². The number of thiazole rings is 1. The number of fused-ring (bicyclic) bond motifs is 6. The largest absolute Gasteiger partial charge is 0.325 e. The number of anilines is 2. The van der Waals surface area contributed by atoms with Crippen LogP contribution >= 0.6 is 23.1 Å². The summed E-state index contributed by atoms with van der Waals surface area (Å²) in [5.41, 5.74) is 4.96. The molecule has 4 aromatic rings. The fourth-order valence-electron chi connectivity index (χ4n) is 6.92. The summed E-state index contributed by atoms with van der Waals surface area (Å²) >= 11 is 2.88. The third kappa shape index (κ3) is 3.26. The van der Waals surface area contributed by atoms with Crippen molar-refractivity contribution in [3.8, 4) is 0 Å². The van der Waals surface area contributed by atoms with Crippen molar-refractivity contribution in [3.05, 3.63) is 71.8 Å². The number of benzene rings is 3. The molecule has 6 nitrogen and oxygen atoms in total. The number of allylic oxidation sites excluding steroid dienone is 2. The van der Waals surface area contributed by atoms with Gasteiger partial charge in [0.2, 0.25) is 17.7 Å². The van der Waals surface area contributed by atoms with Crippen LogP contribution < -0.4 is 10.2 Å². The second-order valence-electron chi connectivity index (χ2n) is 10.6. The van der Waals surface area contributed by atoms with Crippen LogP contribution in [-0.2, 0) is 27.2 Å². The zero-order valence-electron chi connectivity index (χ0n) is 20.3.